The van der Waals surface area contributed by atoms with Crippen molar-refractivity contribution >= 4 is 21.7 Å². The smallest absolute Gasteiger partial charge is 0.322 e. The van der Waals surface area contributed by atoms with Gasteiger partial charge in [0.15, 0.2) is 9.84 Å². The fourth-order valence-corrected chi connectivity index (χ4v) is 2.93. The van der Waals surface area contributed by atoms with E-state index < -0.39 is 9.84 Å². The van der Waals surface area contributed by atoms with Crippen molar-refractivity contribution in [1.29, 1.82) is 0 Å². The van der Waals surface area contributed by atoms with E-state index >= 15 is 0 Å². The predicted molar refractivity (Wildman–Crippen MR) is 71.4 cm³/mol. The van der Waals surface area contributed by atoms with Gasteiger partial charge < -0.3 is 15.0 Å². The Labute approximate surface area is 112 Å². The number of sulfone groups is 1. The standard InChI is InChI=1S/C10H17N5O3S/c1-3-11-8-12-9(14-10(13-8)18-2)15-4-6-19(16,17)7-5-15/h3-7H2,1-2H3,(H,11,12,13,14). The zero-order valence-corrected chi connectivity index (χ0v) is 11.8. The molecule has 1 N–H and O–H groups in total. The quantitative estimate of drug-likeness (QED) is 0.795. The van der Waals surface area contributed by atoms with Gasteiger partial charge in [0.25, 0.3) is 0 Å². The first-order valence-corrected chi connectivity index (χ1v) is 7.85. The summed E-state index contributed by atoms with van der Waals surface area (Å²) in [5.74, 6) is 1.12. The first kappa shape index (κ1) is 13.8. The summed E-state index contributed by atoms with van der Waals surface area (Å²) in [6, 6.07) is 0.217. The highest BCUT2D eigenvalue weighted by molar-refractivity contribution is 7.91. The molecule has 1 aliphatic rings. The van der Waals surface area contributed by atoms with Gasteiger partial charge in [-0.3, -0.25) is 0 Å². The van der Waals surface area contributed by atoms with Crippen LogP contribution in [0, 0.1) is 0 Å². The van der Waals surface area contributed by atoms with Crippen LogP contribution < -0.4 is 15.0 Å². The first-order chi connectivity index (χ1) is 9.04. The molecular weight excluding hydrogens is 270 g/mol. The lowest BCUT2D eigenvalue weighted by molar-refractivity contribution is 0.378. The second-order valence-electron chi connectivity index (χ2n) is 4.11. The average molecular weight is 287 g/mol. The Balaban J connectivity index is 2.21. The molecular formula is C10H17N5O3S. The molecule has 0 spiro atoms. The second kappa shape index (κ2) is 5.55. The molecule has 0 saturated carbocycles. The Bertz CT molecular complexity index is 534. The summed E-state index contributed by atoms with van der Waals surface area (Å²) in [4.78, 5) is 14.3. The van der Waals surface area contributed by atoms with Crippen molar-refractivity contribution in [2.45, 2.75) is 6.92 Å². The van der Waals surface area contributed by atoms with E-state index in [0.717, 1.165) is 0 Å². The molecule has 9 heteroatoms. The zero-order valence-electron chi connectivity index (χ0n) is 11.0. The molecule has 1 aliphatic heterocycles. The van der Waals surface area contributed by atoms with E-state index in [2.05, 4.69) is 20.3 Å². The Morgan fingerprint density at radius 1 is 1.26 bits per heavy atom. The molecule has 2 heterocycles. The SMILES string of the molecule is CCNc1nc(OC)nc(N2CCS(=O)(=O)CC2)n1. The van der Waals surface area contributed by atoms with Gasteiger partial charge in [-0.2, -0.15) is 15.0 Å². The molecule has 0 radical (unpaired) electrons. The van der Waals surface area contributed by atoms with Crippen LogP contribution >= 0.6 is 0 Å². The third-order valence-electron chi connectivity index (χ3n) is 2.75. The molecule has 0 bridgehead atoms. The Kier molecular flexibility index (Phi) is 4.03. The van der Waals surface area contributed by atoms with Crippen LogP contribution in [0.1, 0.15) is 6.92 Å². The molecule has 1 fully saturated rings. The molecule has 106 valence electrons. The maximum atomic E-state index is 11.4. The summed E-state index contributed by atoms with van der Waals surface area (Å²) in [6.07, 6.45) is 0. The third-order valence-corrected chi connectivity index (χ3v) is 4.36. The number of hydrogen-bond acceptors (Lipinski definition) is 8. The van der Waals surface area contributed by atoms with Crippen molar-refractivity contribution in [3.8, 4) is 6.01 Å². The van der Waals surface area contributed by atoms with Crippen molar-refractivity contribution < 1.29 is 13.2 Å². The highest BCUT2D eigenvalue weighted by atomic mass is 32.2. The number of nitrogens with one attached hydrogen (secondary N) is 1. The van der Waals surface area contributed by atoms with Crippen LogP contribution in [0.5, 0.6) is 6.01 Å². The molecule has 0 aromatic carbocycles. The van der Waals surface area contributed by atoms with E-state index in [1.54, 1.807) is 0 Å². The van der Waals surface area contributed by atoms with Crippen LogP contribution in [0.15, 0.2) is 0 Å². The van der Waals surface area contributed by atoms with Gasteiger partial charge in [0.05, 0.1) is 18.6 Å². The van der Waals surface area contributed by atoms with Crippen molar-refractivity contribution in [2.75, 3.05) is 48.5 Å². The molecule has 1 aromatic heterocycles. The predicted octanol–water partition coefficient (Wildman–Crippen LogP) is -0.453. The van der Waals surface area contributed by atoms with Crippen LogP contribution in [0.3, 0.4) is 0 Å². The number of hydrogen-bond donors (Lipinski definition) is 1. The molecule has 0 amide bonds. The minimum atomic E-state index is -2.92. The molecule has 8 nitrogen and oxygen atoms in total. The molecule has 0 unspecified atom stereocenters. The van der Waals surface area contributed by atoms with E-state index in [-0.39, 0.29) is 17.5 Å². The lowest BCUT2D eigenvalue weighted by Gasteiger charge is -2.26. The van der Waals surface area contributed by atoms with Gasteiger partial charge in [-0.05, 0) is 6.92 Å². The molecule has 1 saturated heterocycles. The van der Waals surface area contributed by atoms with Crippen molar-refractivity contribution in [3.63, 3.8) is 0 Å². The molecule has 2 rings (SSSR count). The summed E-state index contributed by atoms with van der Waals surface area (Å²) in [7, 11) is -1.44. The van der Waals surface area contributed by atoms with Gasteiger partial charge in [0.2, 0.25) is 11.9 Å². The average Bonchev–Trinajstić information content (AvgIpc) is 2.38. The summed E-state index contributed by atoms with van der Waals surface area (Å²) in [5, 5.41) is 2.99. The normalized spacial score (nSPS) is 18.1. The monoisotopic (exact) mass is 287 g/mol. The fraction of sp³-hybridized carbons (Fsp3) is 0.700. The molecule has 0 atom stereocenters. The minimum absolute atomic E-state index is 0.123. The van der Waals surface area contributed by atoms with Crippen LogP contribution in [0.25, 0.3) is 0 Å². The topological polar surface area (TPSA) is 97.3 Å². The lowest BCUT2D eigenvalue weighted by Crippen LogP contribution is -2.41. The largest absolute Gasteiger partial charge is 0.467 e. The van der Waals surface area contributed by atoms with Crippen molar-refractivity contribution in [3.05, 3.63) is 0 Å². The van der Waals surface area contributed by atoms with Gasteiger partial charge in [-0.15, -0.1) is 0 Å². The molecule has 1 aromatic rings. The molecule has 0 aliphatic carbocycles. The second-order valence-corrected chi connectivity index (χ2v) is 6.42. The Morgan fingerprint density at radius 3 is 2.53 bits per heavy atom. The third kappa shape index (κ3) is 3.43. The number of nitrogens with zero attached hydrogens (tertiary/aromatic N) is 4. The van der Waals surface area contributed by atoms with Crippen molar-refractivity contribution in [1.82, 2.24) is 15.0 Å². The van der Waals surface area contributed by atoms with E-state index in [1.807, 2.05) is 11.8 Å². The Hall–Kier alpha value is -1.64. The van der Waals surface area contributed by atoms with E-state index in [9.17, 15) is 8.42 Å². The maximum Gasteiger partial charge on any atom is 0.322 e. The van der Waals surface area contributed by atoms with Crippen LogP contribution in [0.4, 0.5) is 11.9 Å². The maximum absolute atomic E-state index is 11.4. The highest BCUT2D eigenvalue weighted by Gasteiger charge is 2.24. The number of rotatable bonds is 4. The van der Waals surface area contributed by atoms with Crippen LogP contribution in [0.2, 0.25) is 0 Å². The van der Waals surface area contributed by atoms with E-state index in [4.69, 9.17) is 4.74 Å². The number of aromatic nitrogens is 3. The van der Waals surface area contributed by atoms with Gasteiger partial charge in [-0.25, -0.2) is 8.42 Å². The zero-order chi connectivity index (χ0) is 13.9. The van der Waals surface area contributed by atoms with E-state index in [0.29, 0.717) is 31.5 Å². The number of anilines is 2. The lowest BCUT2D eigenvalue weighted by atomic mass is 10.5. The Morgan fingerprint density at radius 2 is 1.95 bits per heavy atom. The van der Waals surface area contributed by atoms with Gasteiger partial charge in [0, 0.05) is 19.6 Å². The number of ether oxygens (including phenoxy) is 1. The van der Waals surface area contributed by atoms with Crippen LogP contribution in [-0.4, -0.2) is 61.6 Å². The molecule has 19 heavy (non-hydrogen) atoms. The van der Waals surface area contributed by atoms with Gasteiger partial charge in [-0.1, -0.05) is 0 Å². The van der Waals surface area contributed by atoms with Gasteiger partial charge in [0.1, 0.15) is 0 Å². The number of methoxy groups -OCH3 is 1. The fourth-order valence-electron chi connectivity index (χ4n) is 1.73. The highest BCUT2D eigenvalue weighted by Crippen LogP contribution is 2.17. The summed E-state index contributed by atoms with van der Waals surface area (Å²) < 4.78 is 27.8. The summed E-state index contributed by atoms with van der Waals surface area (Å²) in [5.41, 5.74) is 0. The van der Waals surface area contributed by atoms with Gasteiger partial charge >= 0.3 is 6.01 Å². The summed E-state index contributed by atoms with van der Waals surface area (Å²) in [6.45, 7) is 3.40. The minimum Gasteiger partial charge on any atom is -0.467 e. The van der Waals surface area contributed by atoms with Crippen LogP contribution in [-0.2, 0) is 9.84 Å². The first-order valence-electron chi connectivity index (χ1n) is 6.03. The van der Waals surface area contributed by atoms with E-state index in [1.165, 1.54) is 7.11 Å². The summed E-state index contributed by atoms with van der Waals surface area (Å²) >= 11 is 0. The van der Waals surface area contributed by atoms with Crippen molar-refractivity contribution in [2.24, 2.45) is 0 Å².